The smallest absolute Gasteiger partial charge is 0.234 e. The second kappa shape index (κ2) is 5.69. The van der Waals surface area contributed by atoms with Crippen LogP contribution in [0.25, 0.3) is 0 Å². The Morgan fingerprint density at radius 1 is 1.31 bits per heavy atom. The number of amidine groups is 1. The van der Waals surface area contributed by atoms with E-state index in [1.807, 2.05) is 0 Å². The molecule has 1 unspecified atom stereocenters. The van der Waals surface area contributed by atoms with Crippen molar-refractivity contribution in [2.45, 2.75) is 31.7 Å². The SMILES string of the molecule is CNC(C(N)=O)C1CCC(C(N)=NN)CC1. The molecule has 1 amide bonds. The van der Waals surface area contributed by atoms with Gasteiger partial charge >= 0.3 is 0 Å². The molecule has 0 saturated heterocycles. The molecule has 0 aromatic rings. The number of rotatable bonds is 4. The lowest BCUT2D eigenvalue weighted by molar-refractivity contribution is -0.121. The third kappa shape index (κ3) is 2.85. The van der Waals surface area contributed by atoms with E-state index in [4.69, 9.17) is 17.3 Å². The minimum atomic E-state index is -0.286. The number of primary amides is 1. The zero-order valence-corrected chi connectivity index (χ0v) is 9.65. The van der Waals surface area contributed by atoms with Gasteiger partial charge < -0.3 is 22.6 Å². The van der Waals surface area contributed by atoms with Crippen molar-refractivity contribution in [1.82, 2.24) is 5.32 Å². The van der Waals surface area contributed by atoms with E-state index in [2.05, 4.69) is 10.4 Å². The Hall–Kier alpha value is -1.30. The molecule has 0 spiro atoms. The van der Waals surface area contributed by atoms with Crippen molar-refractivity contribution in [2.75, 3.05) is 7.05 Å². The summed E-state index contributed by atoms with van der Waals surface area (Å²) in [5, 5.41) is 6.49. The first kappa shape index (κ1) is 12.8. The molecule has 6 nitrogen and oxygen atoms in total. The highest BCUT2D eigenvalue weighted by molar-refractivity contribution is 5.83. The average molecular weight is 227 g/mol. The molecular weight excluding hydrogens is 206 g/mol. The van der Waals surface area contributed by atoms with Crippen molar-refractivity contribution in [3.8, 4) is 0 Å². The standard InChI is InChI=1S/C10H21N5O/c1-14-8(10(12)16)6-2-4-7(5-3-6)9(11)15-13/h6-8,14H,2-5,13H2,1H3,(H2,11,15)(H2,12,16). The first-order chi connectivity index (χ1) is 7.60. The number of hydrazone groups is 1. The molecule has 0 bridgehead atoms. The predicted molar refractivity (Wildman–Crippen MR) is 63.3 cm³/mol. The number of nitrogens with two attached hydrogens (primary N) is 3. The van der Waals surface area contributed by atoms with Crippen LogP contribution in [0.1, 0.15) is 25.7 Å². The summed E-state index contributed by atoms with van der Waals surface area (Å²) in [6.07, 6.45) is 3.69. The summed E-state index contributed by atoms with van der Waals surface area (Å²) in [5.74, 6) is 5.93. The van der Waals surface area contributed by atoms with Crippen molar-refractivity contribution >= 4 is 11.7 Å². The van der Waals surface area contributed by atoms with Crippen molar-refractivity contribution in [1.29, 1.82) is 0 Å². The Kier molecular flexibility index (Phi) is 4.54. The molecule has 1 fully saturated rings. The number of likely N-dealkylation sites (N-methyl/N-ethyl adjacent to an activating group) is 1. The summed E-state index contributed by atoms with van der Waals surface area (Å²) in [6.45, 7) is 0. The largest absolute Gasteiger partial charge is 0.386 e. The van der Waals surface area contributed by atoms with Gasteiger partial charge in [0, 0.05) is 5.92 Å². The summed E-state index contributed by atoms with van der Waals surface area (Å²) in [4.78, 5) is 11.2. The molecule has 1 aliphatic rings. The summed E-state index contributed by atoms with van der Waals surface area (Å²) >= 11 is 0. The van der Waals surface area contributed by atoms with Crippen LogP contribution in [0.15, 0.2) is 5.10 Å². The minimum Gasteiger partial charge on any atom is -0.386 e. The second-order valence-corrected chi connectivity index (χ2v) is 4.33. The van der Waals surface area contributed by atoms with Gasteiger partial charge in [0.1, 0.15) is 5.84 Å². The van der Waals surface area contributed by atoms with Crippen LogP contribution in [0, 0.1) is 11.8 Å². The van der Waals surface area contributed by atoms with Crippen LogP contribution in [-0.2, 0) is 4.79 Å². The Morgan fingerprint density at radius 3 is 2.25 bits per heavy atom. The molecule has 0 aromatic heterocycles. The molecule has 16 heavy (non-hydrogen) atoms. The van der Waals surface area contributed by atoms with Crippen LogP contribution >= 0.6 is 0 Å². The number of nitrogens with one attached hydrogen (secondary N) is 1. The van der Waals surface area contributed by atoms with Crippen molar-refractivity contribution in [3.63, 3.8) is 0 Å². The third-order valence-corrected chi connectivity index (χ3v) is 3.43. The Morgan fingerprint density at radius 2 is 1.88 bits per heavy atom. The second-order valence-electron chi connectivity index (χ2n) is 4.33. The van der Waals surface area contributed by atoms with Crippen LogP contribution < -0.4 is 22.6 Å². The quantitative estimate of drug-likeness (QED) is 0.215. The summed E-state index contributed by atoms with van der Waals surface area (Å²) < 4.78 is 0. The van der Waals surface area contributed by atoms with E-state index in [1.165, 1.54) is 0 Å². The fourth-order valence-corrected chi connectivity index (χ4v) is 2.46. The van der Waals surface area contributed by atoms with Gasteiger partial charge in [0.15, 0.2) is 0 Å². The maximum Gasteiger partial charge on any atom is 0.234 e. The monoisotopic (exact) mass is 227 g/mol. The third-order valence-electron chi connectivity index (χ3n) is 3.43. The highest BCUT2D eigenvalue weighted by Gasteiger charge is 2.30. The maximum atomic E-state index is 11.2. The summed E-state index contributed by atoms with van der Waals surface area (Å²) in [5.41, 5.74) is 11.0. The van der Waals surface area contributed by atoms with Crippen LogP contribution in [0.3, 0.4) is 0 Å². The maximum absolute atomic E-state index is 11.2. The lowest BCUT2D eigenvalue weighted by atomic mass is 9.78. The Balaban J connectivity index is 2.51. The van der Waals surface area contributed by atoms with Gasteiger partial charge in [0.05, 0.1) is 6.04 Å². The predicted octanol–water partition coefficient (Wildman–Crippen LogP) is -0.903. The Labute approximate surface area is 95.6 Å². The molecule has 0 radical (unpaired) electrons. The lowest BCUT2D eigenvalue weighted by Crippen LogP contribution is -2.46. The number of carbonyl (C=O) groups is 1. The molecule has 1 aliphatic carbocycles. The number of hydrogen-bond donors (Lipinski definition) is 4. The average Bonchev–Trinajstić information content (AvgIpc) is 2.29. The van der Waals surface area contributed by atoms with Crippen LogP contribution in [0.5, 0.6) is 0 Å². The van der Waals surface area contributed by atoms with E-state index in [0.717, 1.165) is 25.7 Å². The summed E-state index contributed by atoms with van der Waals surface area (Å²) in [6, 6.07) is -0.239. The molecular formula is C10H21N5O. The first-order valence-corrected chi connectivity index (χ1v) is 5.60. The number of amides is 1. The van der Waals surface area contributed by atoms with Gasteiger partial charge in [-0.25, -0.2) is 0 Å². The zero-order chi connectivity index (χ0) is 12.1. The van der Waals surface area contributed by atoms with E-state index in [0.29, 0.717) is 11.8 Å². The van der Waals surface area contributed by atoms with Gasteiger partial charge in [-0.1, -0.05) is 0 Å². The van der Waals surface area contributed by atoms with Crippen molar-refractivity contribution < 1.29 is 4.79 Å². The number of nitrogens with zero attached hydrogens (tertiary/aromatic N) is 1. The van der Waals surface area contributed by atoms with Gasteiger partial charge in [-0.2, -0.15) is 5.10 Å². The van der Waals surface area contributed by atoms with E-state index < -0.39 is 0 Å². The van der Waals surface area contributed by atoms with Gasteiger partial charge in [-0.05, 0) is 38.6 Å². The number of hydrogen-bond acceptors (Lipinski definition) is 4. The zero-order valence-electron chi connectivity index (χ0n) is 9.65. The first-order valence-electron chi connectivity index (χ1n) is 5.60. The molecule has 0 heterocycles. The molecule has 0 aliphatic heterocycles. The number of carbonyl (C=O) groups excluding carboxylic acids is 1. The van der Waals surface area contributed by atoms with Gasteiger partial charge in [-0.3, -0.25) is 4.79 Å². The van der Waals surface area contributed by atoms with Gasteiger partial charge in [0.25, 0.3) is 0 Å². The molecule has 0 aromatic carbocycles. The van der Waals surface area contributed by atoms with Crippen molar-refractivity contribution in [2.24, 2.45) is 34.2 Å². The van der Waals surface area contributed by atoms with Crippen LogP contribution in [0.4, 0.5) is 0 Å². The topological polar surface area (TPSA) is 120 Å². The van der Waals surface area contributed by atoms with E-state index >= 15 is 0 Å². The normalized spacial score (nSPS) is 28.7. The van der Waals surface area contributed by atoms with Crippen molar-refractivity contribution in [3.05, 3.63) is 0 Å². The highest BCUT2D eigenvalue weighted by atomic mass is 16.1. The van der Waals surface area contributed by atoms with Gasteiger partial charge in [-0.15, -0.1) is 0 Å². The molecule has 1 rings (SSSR count). The minimum absolute atomic E-state index is 0.239. The van der Waals surface area contributed by atoms with E-state index in [-0.39, 0.29) is 17.9 Å². The van der Waals surface area contributed by atoms with Crippen LogP contribution in [0.2, 0.25) is 0 Å². The fourth-order valence-electron chi connectivity index (χ4n) is 2.46. The lowest BCUT2D eigenvalue weighted by Gasteiger charge is -2.31. The molecule has 7 N–H and O–H groups in total. The van der Waals surface area contributed by atoms with Crippen LogP contribution in [-0.4, -0.2) is 24.8 Å². The van der Waals surface area contributed by atoms with Gasteiger partial charge in [0.2, 0.25) is 5.91 Å². The molecule has 1 saturated carbocycles. The highest BCUT2D eigenvalue weighted by Crippen LogP contribution is 2.30. The summed E-state index contributed by atoms with van der Waals surface area (Å²) in [7, 11) is 1.76. The van der Waals surface area contributed by atoms with E-state index in [9.17, 15) is 4.79 Å². The molecule has 6 heteroatoms. The molecule has 1 atom stereocenters. The Bertz CT molecular complexity index is 270. The fraction of sp³-hybridized carbons (Fsp3) is 0.800. The molecule has 92 valence electrons. The van der Waals surface area contributed by atoms with E-state index in [1.54, 1.807) is 7.05 Å².